The zero-order chi connectivity index (χ0) is 14.5. The van der Waals surface area contributed by atoms with Crippen molar-refractivity contribution in [3.8, 4) is 6.07 Å². The SMILES string of the molecule is CC(C)(CCC#N)CNc1cccc(S(C)(=O)=O)c1. The zero-order valence-corrected chi connectivity index (χ0v) is 12.4. The quantitative estimate of drug-likeness (QED) is 0.870. The Morgan fingerprint density at radius 3 is 2.63 bits per heavy atom. The largest absolute Gasteiger partial charge is 0.384 e. The summed E-state index contributed by atoms with van der Waals surface area (Å²) in [6.45, 7) is 4.86. The molecule has 0 saturated heterocycles. The number of anilines is 1. The maximum atomic E-state index is 11.5. The van der Waals surface area contributed by atoms with E-state index in [4.69, 9.17) is 5.26 Å². The molecule has 0 aromatic heterocycles. The average Bonchev–Trinajstić information content (AvgIpc) is 2.34. The first-order valence-corrected chi connectivity index (χ1v) is 8.05. The first-order chi connectivity index (χ1) is 8.74. The van der Waals surface area contributed by atoms with Crippen molar-refractivity contribution >= 4 is 15.5 Å². The highest BCUT2D eigenvalue weighted by atomic mass is 32.2. The molecular formula is C14H20N2O2S. The number of nitrogens with zero attached hydrogens (tertiary/aromatic N) is 1. The van der Waals surface area contributed by atoms with Crippen molar-refractivity contribution in [2.45, 2.75) is 31.6 Å². The Bertz CT molecular complexity index is 571. The number of sulfone groups is 1. The molecule has 1 aromatic rings. The van der Waals surface area contributed by atoms with Crippen LogP contribution in [-0.2, 0) is 9.84 Å². The van der Waals surface area contributed by atoms with E-state index in [9.17, 15) is 8.42 Å². The van der Waals surface area contributed by atoms with Gasteiger partial charge in [-0.1, -0.05) is 19.9 Å². The van der Waals surface area contributed by atoms with Gasteiger partial charge in [0.2, 0.25) is 0 Å². The van der Waals surface area contributed by atoms with Crippen LogP contribution in [0.4, 0.5) is 5.69 Å². The number of hydrogen-bond acceptors (Lipinski definition) is 4. The molecule has 0 atom stereocenters. The van der Waals surface area contributed by atoms with E-state index in [2.05, 4.69) is 25.2 Å². The Morgan fingerprint density at radius 1 is 1.37 bits per heavy atom. The highest BCUT2D eigenvalue weighted by Crippen LogP contribution is 2.23. The molecule has 0 radical (unpaired) electrons. The van der Waals surface area contributed by atoms with E-state index in [1.165, 1.54) is 6.26 Å². The molecule has 0 aliphatic rings. The van der Waals surface area contributed by atoms with Gasteiger partial charge in [-0.3, -0.25) is 0 Å². The molecular weight excluding hydrogens is 260 g/mol. The molecule has 1 N–H and O–H groups in total. The minimum Gasteiger partial charge on any atom is -0.384 e. The lowest BCUT2D eigenvalue weighted by molar-refractivity contribution is 0.364. The minimum atomic E-state index is -3.18. The van der Waals surface area contributed by atoms with Crippen LogP contribution in [0.3, 0.4) is 0 Å². The van der Waals surface area contributed by atoms with Crippen molar-refractivity contribution in [3.63, 3.8) is 0 Å². The fourth-order valence-corrected chi connectivity index (χ4v) is 2.33. The van der Waals surface area contributed by atoms with Crippen LogP contribution in [0.15, 0.2) is 29.2 Å². The van der Waals surface area contributed by atoms with Gasteiger partial charge in [0, 0.05) is 24.9 Å². The van der Waals surface area contributed by atoms with Crippen LogP contribution < -0.4 is 5.32 Å². The third kappa shape index (κ3) is 5.31. The van der Waals surface area contributed by atoms with Crippen molar-refractivity contribution in [3.05, 3.63) is 24.3 Å². The lowest BCUT2D eigenvalue weighted by Gasteiger charge is -2.24. The average molecular weight is 280 g/mol. The summed E-state index contributed by atoms with van der Waals surface area (Å²) in [6.07, 6.45) is 2.53. The molecule has 0 bridgehead atoms. The molecule has 0 heterocycles. The van der Waals surface area contributed by atoms with E-state index in [1.807, 2.05) is 6.07 Å². The van der Waals surface area contributed by atoms with Crippen molar-refractivity contribution in [1.29, 1.82) is 5.26 Å². The zero-order valence-electron chi connectivity index (χ0n) is 11.6. The molecule has 1 aromatic carbocycles. The Morgan fingerprint density at radius 2 is 2.05 bits per heavy atom. The lowest BCUT2D eigenvalue weighted by Crippen LogP contribution is -2.23. The summed E-state index contributed by atoms with van der Waals surface area (Å²) in [5, 5.41) is 11.8. The monoisotopic (exact) mass is 280 g/mol. The topological polar surface area (TPSA) is 70.0 Å². The number of rotatable bonds is 6. The van der Waals surface area contributed by atoms with Gasteiger partial charge in [0.25, 0.3) is 0 Å². The van der Waals surface area contributed by atoms with Gasteiger partial charge >= 0.3 is 0 Å². The summed E-state index contributed by atoms with van der Waals surface area (Å²) in [5.74, 6) is 0. The van der Waals surface area contributed by atoms with Crippen molar-refractivity contribution < 1.29 is 8.42 Å². The number of nitriles is 1. The molecule has 0 fully saturated rings. The predicted octanol–water partition coefficient (Wildman–Crippen LogP) is 2.83. The first kappa shape index (κ1) is 15.5. The molecule has 0 saturated carbocycles. The van der Waals surface area contributed by atoms with Gasteiger partial charge < -0.3 is 5.32 Å². The smallest absolute Gasteiger partial charge is 0.175 e. The van der Waals surface area contributed by atoms with Gasteiger partial charge in [-0.15, -0.1) is 0 Å². The molecule has 5 heteroatoms. The molecule has 104 valence electrons. The second-order valence-corrected chi connectivity index (χ2v) is 7.49. The maximum Gasteiger partial charge on any atom is 0.175 e. The summed E-state index contributed by atoms with van der Waals surface area (Å²) in [5.41, 5.74) is 0.782. The third-order valence-corrected chi connectivity index (χ3v) is 4.06. The normalized spacial score (nSPS) is 11.9. The van der Waals surface area contributed by atoms with Crippen molar-refractivity contribution in [2.24, 2.45) is 5.41 Å². The third-order valence-electron chi connectivity index (χ3n) is 2.95. The van der Waals surface area contributed by atoms with E-state index < -0.39 is 9.84 Å². The molecule has 1 rings (SSSR count). The Kier molecular flexibility index (Phi) is 4.96. The first-order valence-electron chi connectivity index (χ1n) is 6.15. The van der Waals surface area contributed by atoms with Gasteiger partial charge in [0.1, 0.15) is 0 Å². The van der Waals surface area contributed by atoms with Gasteiger partial charge in [-0.2, -0.15) is 5.26 Å². The summed E-state index contributed by atoms with van der Waals surface area (Å²) >= 11 is 0. The number of benzene rings is 1. The van der Waals surface area contributed by atoms with Crippen LogP contribution in [0.5, 0.6) is 0 Å². The van der Waals surface area contributed by atoms with Gasteiger partial charge in [0.05, 0.1) is 11.0 Å². The fraction of sp³-hybridized carbons (Fsp3) is 0.500. The number of hydrogen-bond donors (Lipinski definition) is 1. The van der Waals surface area contributed by atoms with Crippen LogP contribution in [0.2, 0.25) is 0 Å². The summed E-state index contributed by atoms with van der Waals surface area (Å²) < 4.78 is 22.9. The van der Waals surface area contributed by atoms with Crippen LogP contribution in [0.1, 0.15) is 26.7 Å². The second kappa shape index (κ2) is 6.07. The van der Waals surface area contributed by atoms with Crippen LogP contribution >= 0.6 is 0 Å². The van der Waals surface area contributed by atoms with Crippen LogP contribution in [-0.4, -0.2) is 21.2 Å². The molecule has 0 unspecified atom stereocenters. The van der Waals surface area contributed by atoms with Crippen LogP contribution in [0.25, 0.3) is 0 Å². The Labute approximate surface area is 115 Å². The van der Waals surface area contributed by atoms with Gasteiger partial charge in [0.15, 0.2) is 9.84 Å². The summed E-state index contributed by atoms with van der Waals surface area (Å²) in [7, 11) is -3.18. The van der Waals surface area contributed by atoms with E-state index in [-0.39, 0.29) is 5.41 Å². The molecule has 0 amide bonds. The maximum absolute atomic E-state index is 11.5. The molecule has 4 nitrogen and oxygen atoms in total. The van der Waals surface area contributed by atoms with Crippen molar-refractivity contribution in [2.75, 3.05) is 18.1 Å². The summed E-state index contributed by atoms with van der Waals surface area (Å²) in [4.78, 5) is 0.312. The molecule has 0 spiro atoms. The standard InChI is InChI=1S/C14H20N2O2S/c1-14(2,8-5-9-15)11-16-12-6-4-7-13(10-12)19(3,17)18/h4,6-7,10,16H,5,8,11H2,1-3H3. The highest BCUT2D eigenvalue weighted by Gasteiger charge is 2.17. The van der Waals surface area contributed by atoms with Gasteiger partial charge in [-0.25, -0.2) is 8.42 Å². The van der Waals surface area contributed by atoms with E-state index in [1.54, 1.807) is 18.2 Å². The summed E-state index contributed by atoms with van der Waals surface area (Å²) in [6, 6.07) is 8.93. The van der Waals surface area contributed by atoms with E-state index >= 15 is 0 Å². The Balaban J connectivity index is 2.71. The lowest BCUT2D eigenvalue weighted by atomic mass is 9.88. The minimum absolute atomic E-state index is 0.00315. The van der Waals surface area contributed by atoms with E-state index in [0.29, 0.717) is 17.9 Å². The second-order valence-electron chi connectivity index (χ2n) is 5.48. The molecule has 19 heavy (non-hydrogen) atoms. The predicted molar refractivity (Wildman–Crippen MR) is 76.7 cm³/mol. The Hall–Kier alpha value is -1.54. The highest BCUT2D eigenvalue weighted by molar-refractivity contribution is 7.90. The van der Waals surface area contributed by atoms with Gasteiger partial charge in [-0.05, 0) is 30.0 Å². The molecule has 0 aliphatic heterocycles. The molecule has 0 aliphatic carbocycles. The van der Waals surface area contributed by atoms with Crippen molar-refractivity contribution in [1.82, 2.24) is 0 Å². The fourth-order valence-electron chi connectivity index (χ4n) is 1.66. The van der Waals surface area contributed by atoms with E-state index in [0.717, 1.165) is 12.1 Å². The van der Waals surface area contributed by atoms with Crippen LogP contribution in [0, 0.1) is 16.7 Å². The number of nitrogens with one attached hydrogen (secondary N) is 1.